The first-order valence-electron chi connectivity index (χ1n) is 6.98. The molecule has 1 N–H and O–H groups in total. The molecule has 0 heterocycles. The molecule has 1 saturated carbocycles. The van der Waals surface area contributed by atoms with Crippen molar-refractivity contribution in [2.45, 2.75) is 72.8 Å². The molecule has 1 aliphatic rings. The number of hydrogen-bond acceptors (Lipinski definition) is 1. The zero-order valence-corrected chi connectivity index (χ0v) is 11.8. The van der Waals surface area contributed by atoms with Gasteiger partial charge in [-0.05, 0) is 42.4 Å². The molecular weight excluding hydrogens is 196 g/mol. The van der Waals surface area contributed by atoms with Gasteiger partial charge in [0.25, 0.3) is 0 Å². The Bertz CT molecular complexity index is 202. The second-order valence-corrected chi connectivity index (χ2v) is 7.19. The van der Waals surface area contributed by atoms with Gasteiger partial charge in [-0.2, -0.15) is 0 Å². The van der Waals surface area contributed by atoms with Gasteiger partial charge >= 0.3 is 0 Å². The summed E-state index contributed by atoms with van der Waals surface area (Å²) >= 11 is 0. The Balaban J connectivity index is 2.40. The first-order chi connectivity index (χ1) is 7.30. The second-order valence-electron chi connectivity index (χ2n) is 7.19. The van der Waals surface area contributed by atoms with Gasteiger partial charge in [0.15, 0.2) is 0 Å². The van der Waals surface area contributed by atoms with E-state index in [-0.39, 0.29) is 11.5 Å². The fourth-order valence-electron chi connectivity index (χ4n) is 3.07. The molecule has 0 aromatic rings. The van der Waals surface area contributed by atoms with Gasteiger partial charge in [0, 0.05) is 0 Å². The van der Waals surface area contributed by atoms with Crippen LogP contribution in [-0.4, -0.2) is 11.2 Å². The molecule has 96 valence electrons. The van der Waals surface area contributed by atoms with Crippen molar-refractivity contribution in [2.75, 3.05) is 0 Å². The monoisotopic (exact) mass is 226 g/mol. The molecule has 1 fully saturated rings. The van der Waals surface area contributed by atoms with Crippen LogP contribution in [0.15, 0.2) is 0 Å². The van der Waals surface area contributed by atoms with Crippen molar-refractivity contribution < 1.29 is 5.11 Å². The highest BCUT2D eigenvalue weighted by Gasteiger charge is 2.36. The standard InChI is InChI=1S/C15H30O/c1-11(2)6-7-12-8-9-13(14(16)10-12)15(3,4)5/h11-14,16H,6-10H2,1-5H3. The van der Waals surface area contributed by atoms with Crippen LogP contribution in [-0.2, 0) is 0 Å². The third-order valence-corrected chi connectivity index (χ3v) is 4.19. The highest BCUT2D eigenvalue weighted by molar-refractivity contribution is 4.86. The highest BCUT2D eigenvalue weighted by atomic mass is 16.3. The summed E-state index contributed by atoms with van der Waals surface area (Å²) in [5, 5.41) is 10.2. The molecule has 3 atom stereocenters. The molecule has 0 saturated heterocycles. The maximum absolute atomic E-state index is 10.2. The molecule has 0 aliphatic heterocycles. The minimum absolute atomic E-state index is 0.0640. The summed E-state index contributed by atoms with van der Waals surface area (Å²) in [6, 6.07) is 0. The van der Waals surface area contributed by atoms with Crippen molar-refractivity contribution in [2.24, 2.45) is 23.2 Å². The lowest BCUT2D eigenvalue weighted by molar-refractivity contribution is -0.0107. The third kappa shape index (κ3) is 4.08. The molecule has 1 heteroatoms. The number of hydrogen-bond donors (Lipinski definition) is 1. The summed E-state index contributed by atoms with van der Waals surface area (Å²) in [5.41, 5.74) is 0.266. The Morgan fingerprint density at radius 2 is 1.81 bits per heavy atom. The van der Waals surface area contributed by atoms with E-state index < -0.39 is 0 Å². The van der Waals surface area contributed by atoms with Crippen LogP contribution in [0.1, 0.15) is 66.7 Å². The Morgan fingerprint density at radius 1 is 1.19 bits per heavy atom. The second kappa shape index (κ2) is 5.53. The number of aliphatic hydroxyl groups is 1. The average Bonchev–Trinajstić information content (AvgIpc) is 2.12. The van der Waals surface area contributed by atoms with Gasteiger partial charge in [-0.15, -0.1) is 0 Å². The molecule has 0 bridgehead atoms. The summed E-state index contributed by atoms with van der Waals surface area (Å²) in [6.45, 7) is 11.4. The molecule has 3 unspecified atom stereocenters. The van der Waals surface area contributed by atoms with E-state index in [2.05, 4.69) is 34.6 Å². The molecule has 0 amide bonds. The van der Waals surface area contributed by atoms with Crippen LogP contribution in [0.4, 0.5) is 0 Å². The molecule has 0 radical (unpaired) electrons. The Kier molecular flexibility index (Phi) is 4.85. The van der Waals surface area contributed by atoms with Gasteiger partial charge in [0.05, 0.1) is 6.10 Å². The lowest BCUT2D eigenvalue weighted by Crippen LogP contribution is -2.37. The van der Waals surface area contributed by atoms with E-state index >= 15 is 0 Å². The fraction of sp³-hybridized carbons (Fsp3) is 1.00. The molecule has 0 spiro atoms. The van der Waals surface area contributed by atoms with Gasteiger partial charge in [-0.1, -0.05) is 47.5 Å². The van der Waals surface area contributed by atoms with Crippen molar-refractivity contribution in [1.82, 2.24) is 0 Å². The third-order valence-electron chi connectivity index (χ3n) is 4.19. The van der Waals surface area contributed by atoms with Crippen molar-refractivity contribution in [1.29, 1.82) is 0 Å². The quantitative estimate of drug-likeness (QED) is 0.763. The first-order valence-corrected chi connectivity index (χ1v) is 6.98. The average molecular weight is 226 g/mol. The lowest BCUT2D eigenvalue weighted by Gasteiger charge is -2.41. The van der Waals surface area contributed by atoms with E-state index in [9.17, 15) is 5.11 Å². The molecule has 0 aromatic heterocycles. The molecule has 1 aliphatic carbocycles. The van der Waals surface area contributed by atoms with E-state index in [1.54, 1.807) is 0 Å². The zero-order valence-electron chi connectivity index (χ0n) is 11.8. The summed E-state index contributed by atoms with van der Waals surface area (Å²) in [7, 11) is 0. The van der Waals surface area contributed by atoms with E-state index in [0.717, 1.165) is 18.3 Å². The Hall–Kier alpha value is -0.0400. The van der Waals surface area contributed by atoms with Crippen LogP contribution in [0.2, 0.25) is 0 Å². The predicted octanol–water partition coefficient (Wildman–Crippen LogP) is 4.25. The van der Waals surface area contributed by atoms with E-state index in [0.29, 0.717) is 5.92 Å². The smallest absolute Gasteiger partial charge is 0.0576 e. The highest BCUT2D eigenvalue weighted by Crippen LogP contribution is 2.41. The van der Waals surface area contributed by atoms with Gasteiger partial charge in [-0.3, -0.25) is 0 Å². The fourth-order valence-corrected chi connectivity index (χ4v) is 3.07. The maximum Gasteiger partial charge on any atom is 0.0576 e. The van der Waals surface area contributed by atoms with E-state index in [4.69, 9.17) is 0 Å². The van der Waals surface area contributed by atoms with Crippen LogP contribution in [0.5, 0.6) is 0 Å². The van der Waals surface area contributed by atoms with Crippen molar-refractivity contribution in [3.8, 4) is 0 Å². The van der Waals surface area contributed by atoms with E-state index in [1.165, 1.54) is 25.7 Å². The minimum atomic E-state index is -0.0640. The lowest BCUT2D eigenvalue weighted by atomic mass is 9.67. The van der Waals surface area contributed by atoms with Gasteiger partial charge in [-0.25, -0.2) is 0 Å². The summed E-state index contributed by atoms with van der Waals surface area (Å²) in [5.74, 6) is 2.08. The minimum Gasteiger partial charge on any atom is -0.393 e. The van der Waals surface area contributed by atoms with Crippen LogP contribution in [0.25, 0.3) is 0 Å². The van der Waals surface area contributed by atoms with Crippen LogP contribution < -0.4 is 0 Å². The Labute approximate surface area is 102 Å². The topological polar surface area (TPSA) is 20.2 Å². The molecular formula is C15H30O. The van der Waals surface area contributed by atoms with Crippen molar-refractivity contribution in [3.05, 3.63) is 0 Å². The largest absolute Gasteiger partial charge is 0.393 e. The van der Waals surface area contributed by atoms with Crippen LogP contribution in [0.3, 0.4) is 0 Å². The molecule has 16 heavy (non-hydrogen) atoms. The molecule has 1 rings (SSSR count). The van der Waals surface area contributed by atoms with Crippen molar-refractivity contribution in [3.63, 3.8) is 0 Å². The molecule has 1 nitrogen and oxygen atoms in total. The Morgan fingerprint density at radius 3 is 2.25 bits per heavy atom. The summed E-state index contributed by atoms with van der Waals surface area (Å²) < 4.78 is 0. The number of aliphatic hydroxyl groups excluding tert-OH is 1. The maximum atomic E-state index is 10.2. The van der Waals surface area contributed by atoms with Gasteiger partial charge in [0.1, 0.15) is 0 Å². The van der Waals surface area contributed by atoms with Crippen LogP contribution in [0, 0.1) is 23.2 Å². The number of rotatable bonds is 3. The zero-order chi connectivity index (χ0) is 12.3. The molecule has 0 aromatic carbocycles. The summed E-state index contributed by atoms with van der Waals surface area (Å²) in [4.78, 5) is 0. The predicted molar refractivity (Wildman–Crippen MR) is 70.4 cm³/mol. The summed E-state index contributed by atoms with van der Waals surface area (Å²) in [6.07, 6.45) is 6.14. The SMILES string of the molecule is CC(C)CCC1CCC(C(C)(C)C)C(O)C1. The van der Waals surface area contributed by atoms with Gasteiger partial charge < -0.3 is 5.11 Å². The van der Waals surface area contributed by atoms with Gasteiger partial charge in [0.2, 0.25) is 0 Å². The van der Waals surface area contributed by atoms with E-state index in [1.807, 2.05) is 0 Å². The van der Waals surface area contributed by atoms with Crippen LogP contribution >= 0.6 is 0 Å². The first kappa shape index (κ1) is 14.0. The van der Waals surface area contributed by atoms with Crippen molar-refractivity contribution >= 4 is 0 Å². The normalized spacial score (nSPS) is 32.1.